The SMILES string of the molecule is CCCCC(C)(CC)CCCC(C)C. The van der Waals surface area contributed by atoms with Gasteiger partial charge in [-0.15, -0.1) is 0 Å². The quantitative estimate of drug-likeness (QED) is 0.488. The van der Waals surface area contributed by atoms with Gasteiger partial charge in [0.25, 0.3) is 0 Å². The number of unbranched alkanes of at least 4 members (excludes halogenated alkanes) is 1. The van der Waals surface area contributed by atoms with Gasteiger partial charge in [0, 0.05) is 0 Å². The largest absolute Gasteiger partial charge is 0.0654 e. The Morgan fingerprint density at radius 3 is 2.00 bits per heavy atom. The maximum absolute atomic E-state index is 2.48. The molecule has 0 aliphatic carbocycles. The Labute approximate surface area is 91.5 Å². The van der Waals surface area contributed by atoms with Gasteiger partial charge in [0.1, 0.15) is 0 Å². The molecule has 1 atom stereocenters. The maximum atomic E-state index is 2.48. The van der Waals surface area contributed by atoms with Crippen LogP contribution in [-0.2, 0) is 0 Å². The van der Waals surface area contributed by atoms with Crippen LogP contribution >= 0.6 is 0 Å². The van der Waals surface area contributed by atoms with E-state index in [1.807, 2.05) is 0 Å². The van der Waals surface area contributed by atoms with Gasteiger partial charge in [-0.2, -0.15) is 0 Å². The Hall–Kier alpha value is 0. The highest BCUT2D eigenvalue weighted by molar-refractivity contribution is 4.72. The van der Waals surface area contributed by atoms with E-state index in [1.54, 1.807) is 0 Å². The molecule has 0 rings (SSSR count). The van der Waals surface area contributed by atoms with Crippen LogP contribution in [0.15, 0.2) is 0 Å². The Morgan fingerprint density at radius 2 is 1.57 bits per heavy atom. The smallest absolute Gasteiger partial charge is 0.0328 e. The fourth-order valence-corrected chi connectivity index (χ4v) is 2.02. The lowest BCUT2D eigenvalue weighted by molar-refractivity contribution is 0.240. The van der Waals surface area contributed by atoms with Crippen molar-refractivity contribution in [2.24, 2.45) is 11.3 Å². The summed E-state index contributed by atoms with van der Waals surface area (Å²) in [5, 5.41) is 0. The zero-order valence-electron chi connectivity index (χ0n) is 11.0. The highest BCUT2D eigenvalue weighted by Gasteiger charge is 2.20. The molecule has 1 unspecified atom stereocenters. The van der Waals surface area contributed by atoms with Crippen molar-refractivity contribution < 1.29 is 0 Å². The lowest BCUT2D eigenvalue weighted by Crippen LogP contribution is -2.15. The average Bonchev–Trinajstić information content (AvgIpc) is 2.14. The summed E-state index contributed by atoms with van der Waals surface area (Å²) in [4.78, 5) is 0. The second-order valence-electron chi connectivity index (χ2n) is 5.55. The van der Waals surface area contributed by atoms with Gasteiger partial charge in [-0.25, -0.2) is 0 Å². The molecule has 0 heterocycles. The molecule has 0 aromatic heterocycles. The molecule has 0 aromatic rings. The first-order valence-electron chi connectivity index (χ1n) is 6.54. The zero-order chi connectivity index (χ0) is 11.0. The van der Waals surface area contributed by atoms with Crippen LogP contribution in [0.1, 0.15) is 79.6 Å². The van der Waals surface area contributed by atoms with Gasteiger partial charge in [-0.3, -0.25) is 0 Å². The predicted octanol–water partition coefficient (Wildman–Crippen LogP) is 5.42. The molecule has 0 heteroatoms. The molecule has 0 aromatic carbocycles. The Balaban J connectivity index is 3.74. The summed E-state index contributed by atoms with van der Waals surface area (Å²) >= 11 is 0. The molecule has 0 amide bonds. The van der Waals surface area contributed by atoms with Crippen molar-refractivity contribution in [3.8, 4) is 0 Å². The van der Waals surface area contributed by atoms with Crippen LogP contribution in [0.4, 0.5) is 0 Å². The van der Waals surface area contributed by atoms with Gasteiger partial charge < -0.3 is 0 Å². The number of rotatable bonds is 8. The third kappa shape index (κ3) is 6.45. The minimum atomic E-state index is 0.630. The Bertz CT molecular complexity index is 126. The summed E-state index contributed by atoms with van der Waals surface area (Å²) in [5.74, 6) is 0.877. The van der Waals surface area contributed by atoms with Gasteiger partial charge in [-0.1, -0.05) is 66.7 Å². The molecule has 14 heavy (non-hydrogen) atoms. The highest BCUT2D eigenvalue weighted by Crippen LogP contribution is 2.34. The summed E-state index contributed by atoms with van der Waals surface area (Å²) in [6.45, 7) is 11.8. The summed E-state index contributed by atoms with van der Waals surface area (Å²) in [6, 6.07) is 0. The molecule has 86 valence electrons. The van der Waals surface area contributed by atoms with Crippen molar-refractivity contribution in [2.75, 3.05) is 0 Å². The summed E-state index contributed by atoms with van der Waals surface area (Å²) < 4.78 is 0. The molecule has 0 radical (unpaired) electrons. The van der Waals surface area contributed by atoms with Crippen molar-refractivity contribution in [1.29, 1.82) is 0 Å². The first-order chi connectivity index (χ1) is 6.54. The van der Waals surface area contributed by atoms with Gasteiger partial charge >= 0.3 is 0 Å². The van der Waals surface area contributed by atoms with Crippen LogP contribution in [0.3, 0.4) is 0 Å². The van der Waals surface area contributed by atoms with Crippen molar-refractivity contribution in [3.05, 3.63) is 0 Å². The third-order valence-electron chi connectivity index (χ3n) is 3.55. The third-order valence-corrected chi connectivity index (χ3v) is 3.55. The van der Waals surface area contributed by atoms with E-state index in [4.69, 9.17) is 0 Å². The van der Waals surface area contributed by atoms with E-state index in [0.29, 0.717) is 5.41 Å². The van der Waals surface area contributed by atoms with Crippen molar-refractivity contribution in [1.82, 2.24) is 0 Å². The topological polar surface area (TPSA) is 0 Å². The standard InChI is InChI=1S/C14H30/c1-6-8-11-14(5,7-2)12-9-10-13(3)4/h13H,6-12H2,1-5H3. The lowest BCUT2D eigenvalue weighted by Gasteiger charge is -2.28. The van der Waals surface area contributed by atoms with E-state index in [9.17, 15) is 0 Å². The summed E-state index contributed by atoms with van der Waals surface area (Å²) in [6.07, 6.45) is 9.80. The predicted molar refractivity (Wildman–Crippen MR) is 66.6 cm³/mol. The molecule has 0 saturated carbocycles. The molecule has 0 N–H and O–H groups in total. The molecule has 0 aliphatic heterocycles. The van der Waals surface area contributed by atoms with E-state index in [-0.39, 0.29) is 0 Å². The fraction of sp³-hybridized carbons (Fsp3) is 1.00. The Morgan fingerprint density at radius 1 is 1.00 bits per heavy atom. The number of hydrogen-bond acceptors (Lipinski definition) is 0. The van der Waals surface area contributed by atoms with E-state index >= 15 is 0 Å². The van der Waals surface area contributed by atoms with Crippen LogP contribution in [0.2, 0.25) is 0 Å². The molecule has 0 spiro atoms. The summed E-state index contributed by atoms with van der Waals surface area (Å²) in [7, 11) is 0. The van der Waals surface area contributed by atoms with Gasteiger partial charge in [-0.05, 0) is 24.2 Å². The van der Waals surface area contributed by atoms with Gasteiger partial charge in [0.05, 0.1) is 0 Å². The van der Waals surface area contributed by atoms with Crippen LogP contribution in [0.5, 0.6) is 0 Å². The molecule has 0 bridgehead atoms. The van der Waals surface area contributed by atoms with E-state index in [0.717, 1.165) is 5.92 Å². The molecule has 0 nitrogen and oxygen atoms in total. The highest BCUT2D eigenvalue weighted by atomic mass is 14.3. The van der Waals surface area contributed by atoms with Crippen LogP contribution in [0.25, 0.3) is 0 Å². The lowest BCUT2D eigenvalue weighted by atomic mass is 9.77. The van der Waals surface area contributed by atoms with E-state index in [2.05, 4.69) is 34.6 Å². The van der Waals surface area contributed by atoms with E-state index < -0.39 is 0 Å². The molecule has 0 fully saturated rings. The van der Waals surface area contributed by atoms with Crippen molar-refractivity contribution in [2.45, 2.75) is 79.6 Å². The normalized spacial score (nSPS) is 15.9. The van der Waals surface area contributed by atoms with Crippen LogP contribution in [-0.4, -0.2) is 0 Å². The van der Waals surface area contributed by atoms with E-state index in [1.165, 1.54) is 44.9 Å². The molecular weight excluding hydrogens is 168 g/mol. The van der Waals surface area contributed by atoms with Crippen LogP contribution < -0.4 is 0 Å². The minimum Gasteiger partial charge on any atom is -0.0654 e. The number of hydrogen-bond donors (Lipinski definition) is 0. The summed E-state index contributed by atoms with van der Waals surface area (Å²) in [5.41, 5.74) is 0.630. The molecule has 0 saturated heterocycles. The second-order valence-corrected chi connectivity index (χ2v) is 5.55. The average molecular weight is 198 g/mol. The first-order valence-corrected chi connectivity index (χ1v) is 6.54. The van der Waals surface area contributed by atoms with Crippen molar-refractivity contribution >= 4 is 0 Å². The minimum absolute atomic E-state index is 0.630. The van der Waals surface area contributed by atoms with Gasteiger partial charge in [0.2, 0.25) is 0 Å². The molecule has 0 aliphatic rings. The molecular formula is C14H30. The maximum Gasteiger partial charge on any atom is -0.0328 e. The second kappa shape index (κ2) is 7.31. The zero-order valence-corrected chi connectivity index (χ0v) is 11.0. The fourth-order valence-electron chi connectivity index (χ4n) is 2.02. The Kier molecular flexibility index (Phi) is 7.31. The van der Waals surface area contributed by atoms with Crippen molar-refractivity contribution in [3.63, 3.8) is 0 Å². The van der Waals surface area contributed by atoms with Gasteiger partial charge in [0.15, 0.2) is 0 Å². The monoisotopic (exact) mass is 198 g/mol. The first kappa shape index (κ1) is 14.0. The van der Waals surface area contributed by atoms with Crippen LogP contribution in [0, 0.1) is 11.3 Å².